The molecule has 6 heteroatoms. The maximum Gasteiger partial charge on any atom is 0.407 e. The molecule has 1 rings (SSSR count). The SMILES string of the molecule is CCCC(OCOC)(OC(N)=O)c1cccc(I)c1. The smallest absolute Gasteiger partial charge is 0.407 e. The van der Waals surface area contributed by atoms with Crippen LogP contribution in [-0.4, -0.2) is 20.0 Å². The van der Waals surface area contributed by atoms with Gasteiger partial charge in [-0.15, -0.1) is 0 Å². The molecule has 0 saturated heterocycles. The highest BCUT2D eigenvalue weighted by Crippen LogP contribution is 2.33. The van der Waals surface area contributed by atoms with Crippen LogP contribution in [0, 0.1) is 3.57 Å². The molecule has 0 aromatic heterocycles. The van der Waals surface area contributed by atoms with Crippen LogP contribution in [0.4, 0.5) is 4.79 Å². The van der Waals surface area contributed by atoms with Gasteiger partial charge in [0.25, 0.3) is 0 Å². The molecular weight excluding hydrogens is 361 g/mol. The summed E-state index contributed by atoms with van der Waals surface area (Å²) in [6.07, 6.45) is 0.394. The molecule has 0 saturated carbocycles. The average molecular weight is 379 g/mol. The number of nitrogens with two attached hydrogens (primary N) is 1. The molecule has 1 unspecified atom stereocenters. The van der Waals surface area contributed by atoms with Crippen LogP contribution in [0.2, 0.25) is 0 Å². The van der Waals surface area contributed by atoms with Gasteiger partial charge in [0.05, 0.1) is 0 Å². The van der Waals surface area contributed by atoms with Gasteiger partial charge in [0.1, 0.15) is 0 Å². The summed E-state index contributed by atoms with van der Waals surface area (Å²) in [5.41, 5.74) is 5.92. The van der Waals surface area contributed by atoms with Gasteiger partial charge in [-0.05, 0) is 41.1 Å². The third-order valence-corrected chi connectivity index (χ3v) is 3.19. The lowest BCUT2D eigenvalue weighted by Crippen LogP contribution is -2.38. The van der Waals surface area contributed by atoms with Crippen LogP contribution >= 0.6 is 22.6 Å². The molecule has 0 aliphatic rings. The largest absolute Gasteiger partial charge is 0.412 e. The molecule has 0 heterocycles. The number of ether oxygens (including phenoxy) is 3. The molecule has 1 atom stereocenters. The maximum absolute atomic E-state index is 11.2. The normalized spacial score (nSPS) is 13.8. The molecule has 0 bridgehead atoms. The van der Waals surface area contributed by atoms with Crippen molar-refractivity contribution in [2.75, 3.05) is 13.9 Å². The Hall–Kier alpha value is -0.860. The summed E-state index contributed by atoms with van der Waals surface area (Å²) in [6.45, 7) is 1.99. The molecule has 0 aliphatic heterocycles. The molecule has 106 valence electrons. The van der Waals surface area contributed by atoms with E-state index < -0.39 is 11.9 Å². The highest BCUT2D eigenvalue weighted by molar-refractivity contribution is 14.1. The second-order valence-corrected chi connectivity index (χ2v) is 5.23. The van der Waals surface area contributed by atoms with E-state index >= 15 is 0 Å². The van der Waals surface area contributed by atoms with Crippen molar-refractivity contribution in [1.82, 2.24) is 0 Å². The summed E-state index contributed by atoms with van der Waals surface area (Å²) >= 11 is 2.19. The molecule has 19 heavy (non-hydrogen) atoms. The number of amides is 1. The van der Waals surface area contributed by atoms with Crippen LogP contribution in [-0.2, 0) is 20.0 Å². The van der Waals surface area contributed by atoms with Gasteiger partial charge in [-0.1, -0.05) is 19.1 Å². The summed E-state index contributed by atoms with van der Waals surface area (Å²) < 4.78 is 16.8. The number of rotatable bonds is 7. The van der Waals surface area contributed by atoms with Crippen molar-refractivity contribution >= 4 is 28.7 Å². The van der Waals surface area contributed by atoms with Gasteiger partial charge in [-0.2, -0.15) is 0 Å². The molecule has 1 aromatic rings. The van der Waals surface area contributed by atoms with E-state index in [1.54, 1.807) is 0 Å². The fourth-order valence-corrected chi connectivity index (χ4v) is 2.35. The van der Waals surface area contributed by atoms with Crippen molar-refractivity contribution in [1.29, 1.82) is 0 Å². The minimum absolute atomic E-state index is 0.0127. The fraction of sp³-hybridized carbons (Fsp3) is 0.462. The van der Waals surface area contributed by atoms with Crippen molar-refractivity contribution in [3.05, 3.63) is 33.4 Å². The number of methoxy groups -OCH3 is 1. The van der Waals surface area contributed by atoms with Gasteiger partial charge in [-0.25, -0.2) is 4.79 Å². The van der Waals surface area contributed by atoms with E-state index in [0.717, 1.165) is 15.6 Å². The minimum Gasteiger partial charge on any atom is -0.412 e. The second-order valence-electron chi connectivity index (χ2n) is 3.99. The van der Waals surface area contributed by atoms with Crippen LogP contribution in [0.15, 0.2) is 24.3 Å². The fourth-order valence-electron chi connectivity index (χ4n) is 1.81. The lowest BCUT2D eigenvalue weighted by molar-refractivity contribution is -0.251. The molecule has 5 nitrogen and oxygen atoms in total. The number of hydrogen-bond acceptors (Lipinski definition) is 4. The first kappa shape index (κ1) is 16.2. The van der Waals surface area contributed by atoms with E-state index in [4.69, 9.17) is 19.9 Å². The topological polar surface area (TPSA) is 70.8 Å². The zero-order valence-corrected chi connectivity index (χ0v) is 13.2. The van der Waals surface area contributed by atoms with Gasteiger partial charge >= 0.3 is 6.09 Å². The molecule has 1 aromatic carbocycles. The molecule has 2 N–H and O–H groups in total. The Morgan fingerprint density at radius 3 is 2.74 bits per heavy atom. The van der Waals surface area contributed by atoms with Crippen molar-refractivity contribution in [3.63, 3.8) is 0 Å². The Bertz CT molecular complexity index is 427. The molecule has 0 fully saturated rings. The van der Waals surface area contributed by atoms with E-state index in [1.165, 1.54) is 7.11 Å². The van der Waals surface area contributed by atoms with Crippen LogP contribution in [0.25, 0.3) is 0 Å². The molecule has 0 spiro atoms. The van der Waals surface area contributed by atoms with Crippen LogP contribution in [0.5, 0.6) is 0 Å². The minimum atomic E-state index is -1.20. The van der Waals surface area contributed by atoms with E-state index in [0.29, 0.717) is 6.42 Å². The average Bonchev–Trinajstić information content (AvgIpc) is 2.35. The first-order valence-corrected chi connectivity index (χ1v) is 6.99. The maximum atomic E-state index is 11.2. The zero-order valence-electron chi connectivity index (χ0n) is 11.0. The van der Waals surface area contributed by atoms with E-state index in [2.05, 4.69) is 22.6 Å². The molecule has 0 aliphatic carbocycles. The van der Waals surface area contributed by atoms with Gasteiger partial charge in [0.2, 0.25) is 5.79 Å². The predicted octanol–water partition coefficient (Wildman–Crippen LogP) is 2.96. The van der Waals surface area contributed by atoms with Crippen molar-refractivity contribution in [3.8, 4) is 0 Å². The van der Waals surface area contributed by atoms with Crippen molar-refractivity contribution < 1.29 is 19.0 Å². The van der Waals surface area contributed by atoms with Crippen LogP contribution in [0.3, 0.4) is 0 Å². The van der Waals surface area contributed by atoms with Crippen molar-refractivity contribution in [2.45, 2.75) is 25.6 Å². The summed E-state index contributed by atoms with van der Waals surface area (Å²) in [5.74, 6) is -1.20. The van der Waals surface area contributed by atoms with Gasteiger partial charge in [0.15, 0.2) is 6.79 Å². The Morgan fingerprint density at radius 1 is 1.47 bits per heavy atom. The van der Waals surface area contributed by atoms with Gasteiger partial charge in [-0.3, -0.25) is 0 Å². The number of halogens is 1. The number of hydrogen-bond donors (Lipinski definition) is 1. The van der Waals surface area contributed by atoms with Gasteiger partial charge in [0, 0.05) is 22.7 Å². The molecule has 1 amide bonds. The van der Waals surface area contributed by atoms with Crippen LogP contribution in [0.1, 0.15) is 25.3 Å². The molecule has 0 radical (unpaired) electrons. The predicted molar refractivity (Wildman–Crippen MR) is 79.4 cm³/mol. The summed E-state index contributed by atoms with van der Waals surface area (Å²) in [6, 6.07) is 7.56. The standard InChI is InChI=1S/C13H18INO4/c1-3-7-13(18-9-17-2,19-12(15)16)10-5-4-6-11(14)8-10/h4-6,8H,3,7,9H2,1-2H3,(H2,15,16). The van der Waals surface area contributed by atoms with Crippen LogP contribution < -0.4 is 5.73 Å². The first-order chi connectivity index (χ1) is 9.04. The van der Waals surface area contributed by atoms with Gasteiger partial charge < -0.3 is 19.9 Å². The van der Waals surface area contributed by atoms with E-state index in [9.17, 15) is 4.79 Å². The Balaban J connectivity index is 3.15. The third-order valence-electron chi connectivity index (χ3n) is 2.52. The second kappa shape index (κ2) is 7.66. The highest BCUT2D eigenvalue weighted by Gasteiger charge is 2.36. The lowest BCUT2D eigenvalue weighted by atomic mass is 10.0. The van der Waals surface area contributed by atoms with E-state index in [-0.39, 0.29) is 6.79 Å². The zero-order chi connectivity index (χ0) is 14.3. The number of carbonyl (C=O) groups excluding carboxylic acids is 1. The number of carbonyl (C=O) groups is 1. The third kappa shape index (κ3) is 4.63. The summed E-state index contributed by atoms with van der Waals surface area (Å²) in [5, 5.41) is 0. The highest BCUT2D eigenvalue weighted by atomic mass is 127. The van der Waals surface area contributed by atoms with E-state index in [1.807, 2.05) is 31.2 Å². The quantitative estimate of drug-likeness (QED) is 0.584. The lowest BCUT2D eigenvalue weighted by Gasteiger charge is -2.32. The Morgan fingerprint density at radius 2 is 2.21 bits per heavy atom. The summed E-state index contributed by atoms with van der Waals surface area (Å²) in [4.78, 5) is 11.2. The van der Waals surface area contributed by atoms with Crippen molar-refractivity contribution in [2.24, 2.45) is 5.73 Å². The monoisotopic (exact) mass is 379 g/mol. The summed E-state index contributed by atoms with van der Waals surface area (Å²) in [7, 11) is 1.51. The Kier molecular flexibility index (Phi) is 6.53. The number of primary amides is 1. The first-order valence-electron chi connectivity index (χ1n) is 5.91. The number of benzene rings is 1. The molecular formula is C13H18INO4. The Labute approximate surface area is 126 Å².